The van der Waals surface area contributed by atoms with Crippen molar-refractivity contribution in [2.75, 3.05) is 33.9 Å². The first-order valence-electron chi connectivity index (χ1n) is 10.5. The summed E-state index contributed by atoms with van der Waals surface area (Å²) < 4.78 is 11.7. The molecule has 0 saturated heterocycles. The highest BCUT2D eigenvalue weighted by molar-refractivity contribution is 4.79. The molecule has 0 heterocycles. The first-order valence-corrected chi connectivity index (χ1v) is 10.5. The smallest absolute Gasteiger partial charge is 0.170 e. The van der Waals surface area contributed by atoms with Gasteiger partial charge in [-0.3, -0.25) is 0 Å². The van der Waals surface area contributed by atoms with Gasteiger partial charge in [-0.15, -0.1) is 0 Å². The average Bonchev–Trinajstić information content (AvgIpc) is 2.62. The molecule has 0 amide bonds. The molecule has 0 bridgehead atoms. The summed E-state index contributed by atoms with van der Waals surface area (Å²) in [5, 5.41) is 0. The van der Waals surface area contributed by atoms with E-state index in [0.29, 0.717) is 5.92 Å². The topological polar surface area (TPSA) is 21.7 Å². The minimum atomic E-state index is -0.396. The maximum atomic E-state index is 5.87. The van der Waals surface area contributed by atoms with Gasteiger partial charge in [-0.25, -0.2) is 0 Å². The quantitative estimate of drug-likeness (QED) is 0.243. The van der Waals surface area contributed by atoms with Gasteiger partial charge in [-0.05, 0) is 45.3 Å². The number of hydrogen-bond acceptors (Lipinski definition) is 3. The monoisotopic (exact) mass is 343 g/mol. The number of rotatable bonds is 17. The Morgan fingerprint density at radius 2 is 1.29 bits per heavy atom. The molecule has 0 saturated carbocycles. The van der Waals surface area contributed by atoms with Crippen LogP contribution in [0.4, 0.5) is 0 Å². The second kappa shape index (κ2) is 15.2. The van der Waals surface area contributed by atoms with E-state index < -0.39 is 5.79 Å². The molecule has 146 valence electrons. The first-order chi connectivity index (χ1) is 11.6. The molecular weight excluding hydrogens is 298 g/mol. The summed E-state index contributed by atoms with van der Waals surface area (Å²) in [6.45, 7) is 12.4. The molecule has 24 heavy (non-hydrogen) atoms. The van der Waals surface area contributed by atoms with E-state index >= 15 is 0 Å². The Morgan fingerprint density at radius 1 is 0.750 bits per heavy atom. The Morgan fingerprint density at radius 3 is 1.79 bits per heavy atom. The summed E-state index contributed by atoms with van der Waals surface area (Å²) in [6.07, 6.45) is 12.7. The number of nitrogens with zero attached hydrogens (tertiary/aromatic N) is 1. The molecule has 0 N–H and O–H groups in total. The van der Waals surface area contributed by atoms with Crippen molar-refractivity contribution in [1.82, 2.24) is 4.90 Å². The predicted octanol–water partition coefficient (Wildman–Crippen LogP) is 5.87. The standard InChI is InChI=1S/C21H45NO2/c1-7-11-12-13-14-15-17-20(21(8-2,23-5)24-6)18-16-19-22(9-3)10-4/h20H,7-19H2,1-6H3. The first kappa shape index (κ1) is 23.9. The molecule has 0 aromatic rings. The van der Waals surface area contributed by atoms with Crippen LogP contribution >= 0.6 is 0 Å². The summed E-state index contributed by atoms with van der Waals surface area (Å²) in [5.41, 5.74) is 0. The second-order valence-electron chi connectivity index (χ2n) is 7.00. The molecule has 0 aliphatic heterocycles. The fourth-order valence-corrected chi connectivity index (χ4v) is 3.85. The summed E-state index contributed by atoms with van der Waals surface area (Å²) in [7, 11) is 3.62. The van der Waals surface area contributed by atoms with Crippen molar-refractivity contribution >= 4 is 0 Å². The van der Waals surface area contributed by atoms with Gasteiger partial charge in [-0.1, -0.05) is 66.2 Å². The predicted molar refractivity (Wildman–Crippen MR) is 106 cm³/mol. The summed E-state index contributed by atoms with van der Waals surface area (Å²) in [6, 6.07) is 0. The Balaban J connectivity index is 4.48. The lowest BCUT2D eigenvalue weighted by atomic mass is 9.86. The van der Waals surface area contributed by atoms with Gasteiger partial charge in [0.2, 0.25) is 0 Å². The fraction of sp³-hybridized carbons (Fsp3) is 1.00. The Bertz CT molecular complexity index is 254. The lowest BCUT2D eigenvalue weighted by Gasteiger charge is -2.38. The molecule has 0 spiro atoms. The van der Waals surface area contributed by atoms with Crippen molar-refractivity contribution in [1.29, 1.82) is 0 Å². The maximum Gasteiger partial charge on any atom is 0.170 e. The molecule has 0 aromatic carbocycles. The van der Waals surface area contributed by atoms with Crippen molar-refractivity contribution < 1.29 is 9.47 Å². The molecule has 0 fully saturated rings. The van der Waals surface area contributed by atoms with E-state index in [-0.39, 0.29) is 0 Å². The zero-order valence-electron chi connectivity index (χ0n) is 17.5. The number of methoxy groups -OCH3 is 2. The van der Waals surface area contributed by atoms with Gasteiger partial charge in [0.05, 0.1) is 0 Å². The average molecular weight is 344 g/mol. The van der Waals surface area contributed by atoms with Crippen molar-refractivity contribution in [3.63, 3.8) is 0 Å². The van der Waals surface area contributed by atoms with E-state index in [4.69, 9.17) is 9.47 Å². The van der Waals surface area contributed by atoms with Crippen LogP contribution in [0.5, 0.6) is 0 Å². The van der Waals surface area contributed by atoms with Crippen LogP contribution in [0.1, 0.15) is 91.9 Å². The SMILES string of the molecule is CCCCCCCCC(CCCN(CC)CC)C(CC)(OC)OC. The van der Waals surface area contributed by atoms with E-state index in [1.54, 1.807) is 0 Å². The molecule has 0 aliphatic rings. The molecule has 1 unspecified atom stereocenters. The molecule has 0 radical (unpaired) electrons. The Labute approximate surface area is 152 Å². The lowest BCUT2D eigenvalue weighted by Crippen LogP contribution is -2.42. The lowest BCUT2D eigenvalue weighted by molar-refractivity contribution is -0.244. The van der Waals surface area contributed by atoms with Gasteiger partial charge in [0.1, 0.15) is 0 Å². The molecule has 0 rings (SSSR count). The highest BCUT2D eigenvalue weighted by atomic mass is 16.7. The molecule has 3 nitrogen and oxygen atoms in total. The van der Waals surface area contributed by atoms with Crippen LogP contribution in [0.2, 0.25) is 0 Å². The van der Waals surface area contributed by atoms with Crippen LogP contribution in [-0.2, 0) is 9.47 Å². The largest absolute Gasteiger partial charge is 0.353 e. The van der Waals surface area contributed by atoms with E-state index in [1.807, 2.05) is 14.2 Å². The maximum absolute atomic E-state index is 5.87. The van der Waals surface area contributed by atoms with E-state index in [0.717, 1.165) is 19.5 Å². The van der Waals surface area contributed by atoms with Crippen LogP contribution < -0.4 is 0 Å². The van der Waals surface area contributed by atoms with E-state index in [9.17, 15) is 0 Å². The minimum Gasteiger partial charge on any atom is -0.353 e. The molecule has 0 aromatic heterocycles. The minimum absolute atomic E-state index is 0.396. The Hall–Kier alpha value is -0.120. The van der Waals surface area contributed by atoms with Gasteiger partial charge in [0.15, 0.2) is 5.79 Å². The van der Waals surface area contributed by atoms with Gasteiger partial charge in [0.25, 0.3) is 0 Å². The van der Waals surface area contributed by atoms with Gasteiger partial charge >= 0.3 is 0 Å². The van der Waals surface area contributed by atoms with Crippen LogP contribution in [0.25, 0.3) is 0 Å². The number of unbranched alkanes of at least 4 members (excludes halogenated alkanes) is 5. The van der Waals surface area contributed by atoms with Gasteiger partial charge in [0, 0.05) is 20.1 Å². The third-order valence-corrected chi connectivity index (χ3v) is 5.63. The number of ether oxygens (including phenoxy) is 2. The zero-order chi connectivity index (χ0) is 18.3. The molecule has 1 atom stereocenters. The summed E-state index contributed by atoms with van der Waals surface area (Å²) >= 11 is 0. The molecule has 0 aliphatic carbocycles. The van der Waals surface area contributed by atoms with Gasteiger partial charge < -0.3 is 14.4 Å². The fourth-order valence-electron chi connectivity index (χ4n) is 3.85. The van der Waals surface area contributed by atoms with Crippen LogP contribution in [0.3, 0.4) is 0 Å². The third-order valence-electron chi connectivity index (χ3n) is 5.63. The van der Waals surface area contributed by atoms with Crippen LogP contribution in [0.15, 0.2) is 0 Å². The molecule has 3 heteroatoms. The van der Waals surface area contributed by atoms with Crippen molar-refractivity contribution in [2.45, 2.75) is 97.7 Å². The van der Waals surface area contributed by atoms with E-state index in [2.05, 4.69) is 32.6 Å². The highest BCUT2D eigenvalue weighted by Crippen LogP contribution is 2.34. The van der Waals surface area contributed by atoms with Crippen molar-refractivity contribution in [3.05, 3.63) is 0 Å². The van der Waals surface area contributed by atoms with E-state index in [1.165, 1.54) is 64.3 Å². The summed E-state index contributed by atoms with van der Waals surface area (Å²) in [5.74, 6) is 0.103. The highest BCUT2D eigenvalue weighted by Gasteiger charge is 2.36. The van der Waals surface area contributed by atoms with Crippen molar-refractivity contribution in [3.8, 4) is 0 Å². The zero-order valence-corrected chi connectivity index (χ0v) is 17.5. The summed E-state index contributed by atoms with van der Waals surface area (Å²) in [4.78, 5) is 2.51. The van der Waals surface area contributed by atoms with Crippen LogP contribution in [-0.4, -0.2) is 44.5 Å². The second-order valence-corrected chi connectivity index (χ2v) is 7.00. The number of hydrogen-bond donors (Lipinski definition) is 0. The molecular formula is C21H45NO2. The Kier molecular flexibility index (Phi) is 15.1. The van der Waals surface area contributed by atoms with Crippen molar-refractivity contribution in [2.24, 2.45) is 5.92 Å². The van der Waals surface area contributed by atoms with Gasteiger partial charge in [-0.2, -0.15) is 0 Å². The normalized spacial score (nSPS) is 13.6. The van der Waals surface area contributed by atoms with Crippen LogP contribution in [0, 0.1) is 5.92 Å². The third kappa shape index (κ3) is 8.82.